The second-order valence-electron chi connectivity index (χ2n) is 7.54. The number of aliphatic hydroxyl groups is 1. The van der Waals surface area contributed by atoms with Crippen molar-refractivity contribution in [3.05, 3.63) is 35.9 Å². The standard InChI is InChI=1S/C20H32N2O/c1-17(22-15-13-21(2)14-16-22)20(23,18-9-5-3-6-10-18)19-11-7-4-8-12-19/h3,5-6,9-10,17,19,23H,4,7-8,11-16H2,1-2H3/t17-,20-/m0/s1. The van der Waals surface area contributed by atoms with Crippen LogP contribution in [0.15, 0.2) is 30.3 Å². The largest absolute Gasteiger partial charge is 0.383 e. The number of rotatable bonds is 4. The molecule has 1 aromatic carbocycles. The van der Waals surface area contributed by atoms with Crippen molar-refractivity contribution in [3.63, 3.8) is 0 Å². The maximum Gasteiger partial charge on any atom is 0.108 e. The lowest BCUT2D eigenvalue weighted by Gasteiger charge is -2.49. The lowest BCUT2D eigenvalue weighted by molar-refractivity contribution is -0.107. The first-order valence-electron chi connectivity index (χ1n) is 9.33. The van der Waals surface area contributed by atoms with Crippen molar-refractivity contribution in [2.75, 3.05) is 33.2 Å². The van der Waals surface area contributed by atoms with Gasteiger partial charge in [-0.05, 0) is 38.3 Å². The van der Waals surface area contributed by atoms with Crippen LogP contribution in [-0.2, 0) is 5.60 Å². The van der Waals surface area contributed by atoms with Crippen LogP contribution in [0.3, 0.4) is 0 Å². The molecule has 1 saturated heterocycles. The monoisotopic (exact) mass is 316 g/mol. The quantitative estimate of drug-likeness (QED) is 0.925. The maximum atomic E-state index is 11.9. The van der Waals surface area contributed by atoms with Gasteiger partial charge < -0.3 is 10.0 Å². The fourth-order valence-corrected chi connectivity index (χ4v) is 4.55. The third kappa shape index (κ3) is 3.47. The molecule has 1 N–H and O–H groups in total. The lowest BCUT2D eigenvalue weighted by Crippen LogP contribution is -2.58. The normalized spacial score (nSPS) is 25.9. The van der Waals surface area contributed by atoms with Crippen molar-refractivity contribution in [1.82, 2.24) is 9.80 Å². The number of nitrogens with zero attached hydrogens (tertiary/aromatic N) is 2. The Kier molecular flexibility index (Phi) is 5.40. The maximum absolute atomic E-state index is 11.9. The summed E-state index contributed by atoms with van der Waals surface area (Å²) in [6, 6.07) is 10.6. The molecule has 2 atom stereocenters. The van der Waals surface area contributed by atoms with Crippen molar-refractivity contribution < 1.29 is 5.11 Å². The predicted molar refractivity (Wildman–Crippen MR) is 95.4 cm³/mol. The smallest absolute Gasteiger partial charge is 0.108 e. The Labute approximate surface area is 141 Å². The van der Waals surface area contributed by atoms with Crippen LogP contribution in [0.4, 0.5) is 0 Å². The van der Waals surface area contributed by atoms with Gasteiger partial charge in [0.2, 0.25) is 0 Å². The highest BCUT2D eigenvalue weighted by atomic mass is 16.3. The van der Waals surface area contributed by atoms with Gasteiger partial charge >= 0.3 is 0 Å². The van der Waals surface area contributed by atoms with Gasteiger partial charge in [0.1, 0.15) is 5.60 Å². The molecule has 1 aliphatic heterocycles. The van der Waals surface area contributed by atoms with Crippen LogP contribution >= 0.6 is 0 Å². The zero-order valence-electron chi connectivity index (χ0n) is 14.7. The Morgan fingerprint density at radius 2 is 1.61 bits per heavy atom. The first kappa shape index (κ1) is 16.9. The van der Waals surface area contributed by atoms with Crippen molar-refractivity contribution in [1.29, 1.82) is 0 Å². The molecule has 3 rings (SSSR count). The van der Waals surface area contributed by atoms with Crippen LogP contribution in [0.5, 0.6) is 0 Å². The van der Waals surface area contributed by atoms with E-state index in [0.29, 0.717) is 5.92 Å². The molecule has 23 heavy (non-hydrogen) atoms. The summed E-state index contributed by atoms with van der Waals surface area (Å²) in [5.74, 6) is 0.383. The van der Waals surface area contributed by atoms with E-state index in [1.807, 2.05) is 6.07 Å². The molecule has 3 heteroatoms. The van der Waals surface area contributed by atoms with Crippen LogP contribution in [0.25, 0.3) is 0 Å². The van der Waals surface area contributed by atoms with Crippen LogP contribution < -0.4 is 0 Å². The molecule has 0 aromatic heterocycles. The summed E-state index contributed by atoms with van der Waals surface area (Å²) in [5, 5.41) is 11.9. The highest BCUT2D eigenvalue weighted by molar-refractivity contribution is 5.26. The number of piperazine rings is 1. The van der Waals surface area contributed by atoms with Crippen LogP contribution in [0, 0.1) is 5.92 Å². The SMILES string of the molecule is C[C@H](N1CCN(C)CC1)[C@](O)(c1ccccc1)C1CCCCC1. The second kappa shape index (κ2) is 7.33. The minimum Gasteiger partial charge on any atom is -0.383 e. The first-order chi connectivity index (χ1) is 11.1. The van der Waals surface area contributed by atoms with E-state index in [9.17, 15) is 5.11 Å². The first-order valence-corrected chi connectivity index (χ1v) is 9.33. The van der Waals surface area contributed by atoms with Crippen molar-refractivity contribution in [3.8, 4) is 0 Å². The van der Waals surface area contributed by atoms with Gasteiger partial charge in [-0.2, -0.15) is 0 Å². The predicted octanol–water partition coefficient (Wildman–Crippen LogP) is 3.09. The molecular weight excluding hydrogens is 284 g/mol. The van der Waals surface area contributed by atoms with Gasteiger partial charge in [-0.1, -0.05) is 49.6 Å². The molecule has 128 valence electrons. The van der Waals surface area contributed by atoms with Crippen molar-refractivity contribution in [2.45, 2.75) is 50.7 Å². The number of benzene rings is 1. The minimum atomic E-state index is -0.725. The molecule has 0 radical (unpaired) electrons. The van der Waals surface area contributed by atoms with Crippen molar-refractivity contribution in [2.24, 2.45) is 5.92 Å². The molecule has 3 nitrogen and oxygen atoms in total. The number of hydrogen-bond acceptors (Lipinski definition) is 3. The second-order valence-corrected chi connectivity index (χ2v) is 7.54. The molecule has 0 unspecified atom stereocenters. The molecular formula is C20H32N2O. The molecule has 0 bridgehead atoms. The zero-order valence-corrected chi connectivity index (χ0v) is 14.7. The Balaban J connectivity index is 1.88. The average molecular weight is 316 g/mol. The highest BCUT2D eigenvalue weighted by Crippen LogP contribution is 2.43. The summed E-state index contributed by atoms with van der Waals surface area (Å²) in [6.45, 7) is 6.55. The van der Waals surface area contributed by atoms with Crippen LogP contribution in [-0.4, -0.2) is 54.2 Å². The Morgan fingerprint density at radius 1 is 1.00 bits per heavy atom. The Bertz CT molecular complexity index is 478. The van der Waals surface area contributed by atoms with Gasteiger partial charge in [0.15, 0.2) is 0 Å². The number of hydrogen-bond donors (Lipinski definition) is 1. The molecule has 0 spiro atoms. The molecule has 2 fully saturated rings. The molecule has 1 aromatic rings. The third-order valence-corrected chi connectivity index (χ3v) is 6.19. The molecule has 1 heterocycles. The summed E-state index contributed by atoms with van der Waals surface area (Å²) in [6.07, 6.45) is 6.15. The molecule has 1 aliphatic carbocycles. The fourth-order valence-electron chi connectivity index (χ4n) is 4.55. The Hall–Kier alpha value is -0.900. The number of likely N-dealkylation sites (N-methyl/N-ethyl adjacent to an activating group) is 1. The van der Waals surface area contributed by atoms with Gasteiger partial charge in [0, 0.05) is 32.2 Å². The van der Waals surface area contributed by atoms with Gasteiger partial charge in [-0.3, -0.25) is 4.90 Å². The summed E-state index contributed by atoms with van der Waals surface area (Å²) >= 11 is 0. The van der Waals surface area contributed by atoms with Gasteiger partial charge in [0.25, 0.3) is 0 Å². The summed E-state index contributed by atoms with van der Waals surface area (Å²) in [5.41, 5.74) is 0.385. The van der Waals surface area contributed by atoms with E-state index in [1.54, 1.807) is 0 Å². The van der Waals surface area contributed by atoms with E-state index >= 15 is 0 Å². The van der Waals surface area contributed by atoms with E-state index in [2.05, 4.69) is 48.0 Å². The molecule has 1 saturated carbocycles. The van der Waals surface area contributed by atoms with E-state index in [1.165, 1.54) is 19.3 Å². The topological polar surface area (TPSA) is 26.7 Å². The fraction of sp³-hybridized carbons (Fsp3) is 0.700. The summed E-state index contributed by atoms with van der Waals surface area (Å²) < 4.78 is 0. The van der Waals surface area contributed by atoms with Crippen LogP contribution in [0.2, 0.25) is 0 Å². The average Bonchev–Trinajstić information content (AvgIpc) is 2.62. The minimum absolute atomic E-state index is 0.168. The van der Waals surface area contributed by atoms with Crippen molar-refractivity contribution >= 4 is 0 Å². The Morgan fingerprint density at radius 3 is 2.22 bits per heavy atom. The lowest BCUT2D eigenvalue weighted by atomic mass is 9.69. The van der Waals surface area contributed by atoms with E-state index in [-0.39, 0.29) is 6.04 Å². The van der Waals surface area contributed by atoms with Gasteiger partial charge in [-0.25, -0.2) is 0 Å². The van der Waals surface area contributed by atoms with Gasteiger partial charge in [-0.15, -0.1) is 0 Å². The molecule has 2 aliphatic rings. The third-order valence-electron chi connectivity index (χ3n) is 6.19. The van der Waals surface area contributed by atoms with E-state index in [0.717, 1.165) is 44.6 Å². The summed E-state index contributed by atoms with van der Waals surface area (Å²) in [7, 11) is 2.19. The van der Waals surface area contributed by atoms with E-state index in [4.69, 9.17) is 0 Å². The molecule has 0 amide bonds. The zero-order chi connectivity index (χ0) is 16.3. The van der Waals surface area contributed by atoms with E-state index < -0.39 is 5.60 Å². The summed E-state index contributed by atoms with van der Waals surface area (Å²) in [4.78, 5) is 4.88. The van der Waals surface area contributed by atoms with Crippen LogP contribution in [0.1, 0.15) is 44.6 Å². The van der Waals surface area contributed by atoms with Gasteiger partial charge in [0.05, 0.1) is 0 Å². The highest BCUT2D eigenvalue weighted by Gasteiger charge is 2.45.